The van der Waals surface area contributed by atoms with Gasteiger partial charge in [0.05, 0.1) is 12.3 Å². The largest absolute Gasteiger partial charge is 0.508 e. The average Bonchev–Trinajstić information content (AvgIpc) is 3.14. The van der Waals surface area contributed by atoms with Crippen LogP contribution in [0, 0.1) is 6.92 Å². The van der Waals surface area contributed by atoms with Crippen molar-refractivity contribution in [1.29, 1.82) is 0 Å². The van der Waals surface area contributed by atoms with E-state index >= 15 is 0 Å². The van der Waals surface area contributed by atoms with Gasteiger partial charge in [0.2, 0.25) is 0 Å². The lowest BCUT2D eigenvalue weighted by Crippen LogP contribution is -2.40. The van der Waals surface area contributed by atoms with E-state index in [9.17, 15) is 9.90 Å². The Morgan fingerprint density at radius 2 is 2.04 bits per heavy atom. The van der Waals surface area contributed by atoms with Gasteiger partial charge in [0.1, 0.15) is 5.75 Å². The van der Waals surface area contributed by atoms with Crippen molar-refractivity contribution in [2.75, 3.05) is 6.54 Å². The molecular weight excluding hydrogens is 314 g/mol. The summed E-state index contributed by atoms with van der Waals surface area (Å²) in [7, 11) is 0. The van der Waals surface area contributed by atoms with E-state index in [1.54, 1.807) is 24.3 Å². The Morgan fingerprint density at radius 1 is 1.16 bits per heavy atom. The summed E-state index contributed by atoms with van der Waals surface area (Å²) in [5, 5.41) is 9.99. The van der Waals surface area contributed by atoms with E-state index in [1.165, 1.54) is 6.26 Å². The number of carbonyl (C=O) groups is 1. The van der Waals surface area contributed by atoms with Gasteiger partial charge in [-0.25, -0.2) is 0 Å². The van der Waals surface area contributed by atoms with Gasteiger partial charge in [0.15, 0.2) is 5.76 Å². The molecule has 0 spiro atoms. The van der Waals surface area contributed by atoms with Crippen LogP contribution in [0.25, 0.3) is 0 Å². The van der Waals surface area contributed by atoms with Gasteiger partial charge in [-0.3, -0.25) is 4.79 Å². The van der Waals surface area contributed by atoms with Crippen molar-refractivity contribution in [2.45, 2.75) is 19.4 Å². The van der Waals surface area contributed by atoms with Crippen molar-refractivity contribution in [3.05, 3.63) is 88.9 Å². The molecule has 1 amide bonds. The smallest absolute Gasteiger partial charge is 0.290 e. The van der Waals surface area contributed by atoms with E-state index in [2.05, 4.69) is 6.07 Å². The summed E-state index contributed by atoms with van der Waals surface area (Å²) >= 11 is 0. The molecule has 1 atom stereocenters. The van der Waals surface area contributed by atoms with E-state index in [1.807, 2.05) is 36.1 Å². The Balaban J connectivity index is 1.85. The third kappa shape index (κ3) is 2.80. The van der Waals surface area contributed by atoms with Crippen LogP contribution in [0.2, 0.25) is 0 Å². The van der Waals surface area contributed by atoms with Crippen LogP contribution < -0.4 is 0 Å². The molecule has 4 nitrogen and oxygen atoms in total. The summed E-state index contributed by atoms with van der Waals surface area (Å²) in [5.41, 5.74) is 4.30. The van der Waals surface area contributed by atoms with Crippen LogP contribution in [0.5, 0.6) is 5.75 Å². The van der Waals surface area contributed by atoms with Crippen LogP contribution in [-0.4, -0.2) is 22.5 Å². The first-order chi connectivity index (χ1) is 12.1. The molecule has 126 valence electrons. The normalized spacial score (nSPS) is 16.5. The summed E-state index contributed by atoms with van der Waals surface area (Å²) in [4.78, 5) is 14.8. The fraction of sp³-hybridized carbons (Fsp3) is 0.190. The number of furan rings is 1. The third-order valence-corrected chi connectivity index (χ3v) is 4.71. The summed E-state index contributed by atoms with van der Waals surface area (Å²) in [6.07, 6.45) is 2.27. The zero-order valence-corrected chi connectivity index (χ0v) is 14.0. The Kier molecular flexibility index (Phi) is 3.80. The maximum Gasteiger partial charge on any atom is 0.290 e. The summed E-state index contributed by atoms with van der Waals surface area (Å²) in [6.45, 7) is 2.64. The first-order valence-electron chi connectivity index (χ1n) is 8.36. The highest BCUT2D eigenvalue weighted by Crippen LogP contribution is 2.38. The van der Waals surface area contributed by atoms with Gasteiger partial charge in [-0.15, -0.1) is 0 Å². The molecular formula is C21H19NO3. The van der Waals surface area contributed by atoms with Crippen LogP contribution >= 0.6 is 0 Å². The lowest BCUT2D eigenvalue weighted by Gasteiger charge is -2.37. The topological polar surface area (TPSA) is 53.7 Å². The second-order valence-corrected chi connectivity index (χ2v) is 6.43. The number of hydrogen-bond acceptors (Lipinski definition) is 3. The van der Waals surface area contributed by atoms with Gasteiger partial charge in [-0.2, -0.15) is 0 Å². The van der Waals surface area contributed by atoms with Gasteiger partial charge in [0, 0.05) is 6.54 Å². The van der Waals surface area contributed by atoms with Crippen molar-refractivity contribution in [3.8, 4) is 5.75 Å². The molecule has 4 heteroatoms. The highest BCUT2D eigenvalue weighted by atomic mass is 16.3. The van der Waals surface area contributed by atoms with Crippen LogP contribution in [-0.2, 0) is 6.42 Å². The Bertz CT molecular complexity index is 915. The molecule has 1 aromatic heterocycles. The molecule has 1 unspecified atom stereocenters. The number of hydrogen-bond donors (Lipinski definition) is 1. The van der Waals surface area contributed by atoms with E-state index in [0.717, 1.165) is 28.7 Å². The predicted molar refractivity (Wildman–Crippen MR) is 94.6 cm³/mol. The average molecular weight is 333 g/mol. The molecule has 0 radical (unpaired) electrons. The Morgan fingerprint density at radius 3 is 2.80 bits per heavy atom. The number of aromatic hydroxyl groups is 1. The van der Waals surface area contributed by atoms with Gasteiger partial charge < -0.3 is 14.4 Å². The molecule has 0 fully saturated rings. The van der Waals surface area contributed by atoms with Crippen LogP contribution in [0.1, 0.15) is 38.9 Å². The molecule has 0 bridgehead atoms. The number of phenols is 1. The molecule has 2 heterocycles. The molecule has 25 heavy (non-hydrogen) atoms. The summed E-state index contributed by atoms with van der Waals surface area (Å²) < 4.78 is 5.33. The minimum absolute atomic E-state index is 0.134. The number of benzene rings is 2. The number of carbonyl (C=O) groups excluding carboxylic acids is 1. The fourth-order valence-electron chi connectivity index (χ4n) is 3.56. The Hall–Kier alpha value is -3.01. The number of fused-ring (bicyclic) bond motifs is 1. The number of amides is 1. The second-order valence-electron chi connectivity index (χ2n) is 6.43. The zero-order chi connectivity index (χ0) is 17.4. The number of phenolic OH excluding ortho intramolecular Hbond substituents is 1. The first-order valence-corrected chi connectivity index (χ1v) is 8.36. The third-order valence-electron chi connectivity index (χ3n) is 4.71. The lowest BCUT2D eigenvalue weighted by molar-refractivity contribution is 0.0661. The van der Waals surface area contributed by atoms with Crippen molar-refractivity contribution in [2.24, 2.45) is 0 Å². The molecule has 2 aromatic carbocycles. The second kappa shape index (κ2) is 6.13. The number of nitrogens with zero attached hydrogens (tertiary/aromatic N) is 1. The molecule has 0 saturated heterocycles. The minimum atomic E-state index is -0.242. The number of aryl methyl sites for hydroxylation is 1. The molecule has 0 saturated carbocycles. The van der Waals surface area contributed by atoms with E-state index in [-0.39, 0.29) is 17.7 Å². The predicted octanol–water partition coefficient (Wildman–Crippen LogP) is 4.08. The van der Waals surface area contributed by atoms with Gasteiger partial charge >= 0.3 is 0 Å². The van der Waals surface area contributed by atoms with Crippen molar-refractivity contribution in [3.63, 3.8) is 0 Å². The van der Waals surface area contributed by atoms with E-state index < -0.39 is 0 Å². The fourth-order valence-corrected chi connectivity index (χ4v) is 3.56. The van der Waals surface area contributed by atoms with Crippen LogP contribution in [0.15, 0.2) is 65.3 Å². The molecule has 3 aromatic rings. The standard InChI is InChI=1S/C21H19NO3/c1-14-4-2-5-16(12-14)20-18-13-17(23)8-7-15(18)9-10-22(20)21(24)19-6-3-11-25-19/h2-8,11-13,20,23H,9-10H2,1H3. The van der Waals surface area contributed by atoms with Gasteiger partial charge in [0.25, 0.3) is 5.91 Å². The Labute approximate surface area is 146 Å². The zero-order valence-electron chi connectivity index (χ0n) is 14.0. The maximum atomic E-state index is 13.0. The molecule has 1 N–H and O–H groups in total. The quantitative estimate of drug-likeness (QED) is 0.769. The van der Waals surface area contributed by atoms with E-state index in [0.29, 0.717) is 12.3 Å². The summed E-state index contributed by atoms with van der Waals surface area (Å²) in [5.74, 6) is 0.412. The van der Waals surface area contributed by atoms with Crippen LogP contribution in [0.4, 0.5) is 0 Å². The first kappa shape index (κ1) is 15.5. The number of rotatable bonds is 2. The monoisotopic (exact) mass is 333 g/mol. The lowest BCUT2D eigenvalue weighted by atomic mass is 9.87. The molecule has 1 aliphatic rings. The highest BCUT2D eigenvalue weighted by Gasteiger charge is 2.33. The van der Waals surface area contributed by atoms with Gasteiger partial charge in [-0.1, -0.05) is 35.9 Å². The summed E-state index contributed by atoms with van der Waals surface area (Å²) in [6, 6.07) is 16.7. The molecule has 4 rings (SSSR count). The van der Waals surface area contributed by atoms with Gasteiger partial charge in [-0.05, 0) is 54.3 Å². The van der Waals surface area contributed by atoms with Crippen molar-refractivity contribution < 1.29 is 14.3 Å². The molecule has 0 aliphatic carbocycles. The highest BCUT2D eigenvalue weighted by molar-refractivity contribution is 5.92. The maximum absolute atomic E-state index is 13.0. The van der Waals surface area contributed by atoms with Crippen molar-refractivity contribution >= 4 is 5.91 Å². The molecule has 1 aliphatic heterocycles. The van der Waals surface area contributed by atoms with Crippen molar-refractivity contribution in [1.82, 2.24) is 4.90 Å². The minimum Gasteiger partial charge on any atom is -0.508 e. The van der Waals surface area contributed by atoms with Crippen LogP contribution in [0.3, 0.4) is 0 Å². The van der Waals surface area contributed by atoms with E-state index in [4.69, 9.17) is 4.42 Å². The SMILES string of the molecule is Cc1cccc(C2c3cc(O)ccc3CCN2C(=O)c2ccco2)c1.